The fourth-order valence-corrected chi connectivity index (χ4v) is 4.07. The van der Waals surface area contributed by atoms with Crippen molar-refractivity contribution in [2.75, 3.05) is 19.7 Å². The second-order valence-electron chi connectivity index (χ2n) is 4.68. The van der Waals surface area contributed by atoms with Crippen LogP contribution in [0.4, 0.5) is 0 Å². The summed E-state index contributed by atoms with van der Waals surface area (Å²) in [5, 5.41) is -0.611. The highest BCUT2D eigenvalue weighted by molar-refractivity contribution is 7.92. The van der Waals surface area contributed by atoms with E-state index in [1.54, 1.807) is 44.5 Å². The van der Waals surface area contributed by atoms with Crippen molar-refractivity contribution in [2.45, 2.75) is 38.0 Å². The Kier molecular flexibility index (Phi) is 7.43. The number of nitrogens with zero attached hydrogens (tertiary/aromatic N) is 1. The highest BCUT2D eigenvalue weighted by Crippen LogP contribution is 2.23. The van der Waals surface area contributed by atoms with Crippen LogP contribution in [-0.4, -0.2) is 38.4 Å². The van der Waals surface area contributed by atoms with Crippen LogP contribution in [-0.2, 0) is 9.84 Å². The number of hydrogen-bond acceptors (Lipinski definition) is 4. The maximum Gasteiger partial charge on any atom is 0.194 e. The molecule has 22 heavy (non-hydrogen) atoms. The van der Waals surface area contributed by atoms with Crippen LogP contribution in [0.15, 0.2) is 29.2 Å². The molecule has 0 amide bonds. The minimum absolute atomic E-state index is 0.299. The Bertz CT molecular complexity index is 608. The Morgan fingerprint density at radius 2 is 1.82 bits per heavy atom. The van der Waals surface area contributed by atoms with E-state index in [1.165, 1.54) is 0 Å². The van der Waals surface area contributed by atoms with Gasteiger partial charge in [-0.3, -0.25) is 4.90 Å². The van der Waals surface area contributed by atoms with Gasteiger partial charge >= 0.3 is 0 Å². The molecule has 0 aliphatic heterocycles. The van der Waals surface area contributed by atoms with Crippen molar-refractivity contribution in [3.05, 3.63) is 30.7 Å². The molecule has 0 spiro atoms. The van der Waals surface area contributed by atoms with Crippen LogP contribution < -0.4 is 4.74 Å². The number of sulfone groups is 1. The molecule has 0 aromatic heterocycles. The molecule has 0 saturated heterocycles. The fraction of sp³-hybridized carbons (Fsp3) is 0.471. The van der Waals surface area contributed by atoms with Crippen LogP contribution in [0.3, 0.4) is 0 Å². The van der Waals surface area contributed by atoms with Crippen molar-refractivity contribution in [1.82, 2.24) is 4.90 Å². The van der Waals surface area contributed by atoms with E-state index >= 15 is 0 Å². The van der Waals surface area contributed by atoms with E-state index in [2.05, 4.69) is 11.8 Å². The largest absolute Gasteiger partial charge is 0.481 e. The van der Waals surface area contributed by atoms with E-state index in [0.29, 0.717) is 30.3 Å². The molecule has 0 bridgehead atoms. The topological polar surface area (TPSA) is 46.6 Å². The van der Waals surface area contributed by atoms with Gasteiger partial charge in [0.1, 0.15) is 17.7 Å². The highest BCUT2D eigenvalue weighted by Gasteiger charge is 2.30. The van der Waals surface area contributed by atoms with Gasteiger partial charge in [-0.1, -0.05) is 26.7 Å². The van der Waals surface area contributed by atoms with Gasteiger partial charge in [-0.15, -0.1) is 5.92 Å². The van der Waals surface area contributed by atoms with E-state index in [-0.39, 0.29) is 0 Å². The van der Waals surface area contributed by atoms with Crippen LogP contribution in [0.5, 0.6) is 5.75 Å². The first-order valence-corrected chi connectivity index (χ1v) is 8.95. The quantitative estimate of drug-likeness (QED) is 0.691. The second kappa shape index (κ2) is 8.82. The molecular formula is C17H24NO3S. The SMILES string of the molecule is CC#CCOc1ccc(S(=O)(=O)C([CH]C)N(CC)CC)cc1. The Balaban J connectivity index is 2.98. The van der Waals surface area contributed by atoms with Crippen LogP contribution in [0.2, 0.25) is 0 Å². The molecule has 0 aliphatic carbocycles. The van der Waals surface area contributed by atoms with E-state index in [4.69, 9.17) is 4.74 Å². The Hall–Kier alpha value is -1.51. The summed E-state index contributed by atoms with van der Waals surface area (Å²) in [7, 11) is -3.43. The maximum absolute atomic E-state index is 12.8. The molecule has 121 valence electrons. The third-order valence-electron chi connectivity index (χ3n) is 3.42. The van der Waals surface area contributed by atoms with Crippen molar-refractivity contribution in [2.24, 2.45) is 0 Å². The smallest absolute Gasteiger partial charge is 0.194 e. The van der Waals surface area contributed by atoms with Gasteiger partial charge < -0.3 is 4.74 Å². The molecular weight excluding hydrogens is 298 g/mol. The summed E-state index contributed by atoms with van der Waals surface area (Å²) in [5.41, 5.74) is 0. The number of hydrogen-bond donors (Lipinski definition) is 0. The predicted octanol–water partition coefficient (Wildman–Crippen LogP) is 2.75. The maximum atomic E-state index is 12.8. The minimum Gasteiger partial charge on any atom is -0.481 e. The fourth-order valence-electron chi connectivity index (χ4n) is 2.23. The molecule has 0 saturated carbocycles. The molecule has 0 fully saturated rings. The van der Waals surface area contributed by atoms with Crippen molar-refractivity contribution in [3.63, 3.8) is 0 Å². The van der Waals surface area contributed by atoms with E-state index in [0.717, 1.165) is 0 Å². The van der Waals surface area contributed by atoms with Gasteiger partial charge in [0.25, 0.3) is 0 Å². The van der Waals surface area contributed by atoms with Crippen LogP contribution in [0.1, 0.15) is 27.7 Å². The van der Waals surface area contributed by atoms with Gasteiger partial charge in [-0.05, 0) is 50.7 Å². The molecule has 1 aromatic rings. The summed E-state index contributed by atoms with van der Waals surface area (Å²) in [6.45, 7) is 9.11. The highest BCUT2D eigenvalue weighted by atomic mass is 32.2. The lowest BCUT2D eigenvalue weighted by Gasteiger charge is -2.28. The van der Waals surface area contributed by atoms with Crippen LogP contribution >= 0.6 is 0 Å². The summed E-state index contributed by atoms with van der Waals surface area (Å²) in [4.78, 5) is 2.22. The summed E-state index contributed by atoms with van der Waals surface area (Å²) in [6, 6.07) is 6.51. The first kappa shape index (κ1) is 18.5. The van der Waals surface area contributed by atoms with Gasteiger partial charge in [0.05, 0.1) is 4.90 Å². The second-order valence-corrected chi connectivity index (χ2v) is 6.72. The zero-order valence-electron chi connectivity index (χ0n) is 13.7. The number of rotatable bonds is 8. The van der Waals surface area contributed by atoms with E-state index < -0.39 is 15.2 Å². The zero-order valence-corrected chi connectivity index (χ0v) is 14.5. The molecule has 1 atom stereocenters. The molecule has 0 N–H and O–H groups in total. The summed E-state index contributed by atoms with van der Waals surface area (Å²) in [5.74, 6) is 6.15. The van der Waals surface area contributed by atoms with Gasteiger partial charge in [-0.2, -0.15) is 0 Å². The first-order chi connectivity index (χ1) is 10.5. The van der Waals surface area contributed by atoms with Gasteiger partial charge in [0, 0.05) is 0 Å². The van der Waals surface area contributed by atoms with Gasteiger partial charge in [0.2, 0.25) is 0 Å². The van der Waals surface area contributed by atoms with Gasteiger partial charge in [-0.25, -0.2) is 8.42 Å². The molecule has 1 radical (unpaired) electrons. The van der Waals surface area contributed by atoms with Crippen molar-refractivity contribution >= 4 is 9.84 Å². The van der Waals surface area contributed by atoms with Crippen molar-refractivity contribution in [3.8, 4) is 17.6 Å². The normalized spacial score (nSPS) is 12.6. The Morgan fingerprint density at radius 1 is 1.23 bits per heavy atom. The Labute approximate surface area is 134 Å². The number of ether oxygens (including phenoxy) is 1. The first-order valence-electron chi connectivity index (χ1n) is 7.41. The zero-order chi connectivity index (χ0) is 16.6. The monoisotopic (exact) mass is 322 g/mol. The molecule has 1 rings (SSSR count). The van der Waals surface area contributed by atoms with Crippen molar-refractivity contribution < 1.29 is 13.2 Å². The lowest BCUT2D eigenvalue weighted by atomic mass is 10.3. The standard InChI is InChI=1S/C17H24NO3S/c1-5-9-14-21-15-10-12-16(13-11-15)22(19,20)17(6-2)18(7-3)8-4/h6,10-13,17H,7-8,14H2,1-4H3. The average Bonchev–Trinajstić information content (AvgIpc) is 2.53. The van der Waals surface area contributed by atoms with Gasteiger partial charge in [0.15, 0.2) is 9.84 Å². The van der Waals surface area contributed by atoms with Crippen LogP contribution in [0, 0.1) is 18.3 Å². The summed E-state index contributed by atoms with van der Waals surface area (Å²) in [6.07, 6.45) is 1.73. The molecule has 0 heterocycles. The molecule has 1 unspecified atom stereocenters. The Morgan fingerprint density at radius 3 is 2.27 bits per heavy atom. The third kappa shape index (κ3) is 4.49. The van der Waals surface area contributed by atoms with Crippen molar-refractivity contribution in [1.29, 1.82) is 0 Å². The molecule has 1 aromatic carbocycles. The summed E-state index contributed by atoms with van der Waals surface area (Å²) >= 11 is 0. The minimum atomic E-state index is -3.43. The number of benzene rings is 1. The molecule has 0 aliphatic rings. The summed E-state index contributed by atoms with van der Waals surface area (Å²) < 4.78 is 30.9. The lowest BCUT2D eigenvalue weighted by molar-refractivity contribution is 0.293. The molecule has 5 heteroatoms. The van der Waals surface area contributed by atoms with E-state index in [9.17, 15) is 8.42 Å². The van der Waals surface area contributed by atoms with Crippen LogP contribution in [0.25, 0.3) is 0 Å². The predicted molar refractivity (Wildman–Crippen MR) is 89.3 cm³/mol. The average molecular weight is 322 g/mol. The third-order valence-corrected chi connectivity index (χ3v) is 5.55. The molecule has 4 nitrogen and oxygen atoms in total. The lowest BCUT2D eigenvalue weighted by Crippen LogP contribution is -2.40. The van der Waals surface area contributed by atoms with E-state index in [1.807, 2.05) is 18.7 Å².